The van der Waals surface area contributed by atoms with Crippen LogP contribution in [-0.4, -0.2) is 0 Å². The SMILES string of the molecule is CC/C=C\[CH]/C=C\C/C=C\C/C=C\CC. The summed E-state index contributed by atoms with van der Waals surface area (Å²) in [4.78, 5) is 0. The summed E-state index contributed by atoms with van der Waals surface area (Å²) < 4.78 is 0. The minimum absolute atomic E-state index is 1.02. The van der Waals surface area contributed by atoms with Gasteiger partial charge in [0.15, 0.2) is 0 Å². The van der Waals surface area contributed by atoms with Gasteiger partial charge in [0.2, 0.25) is 0 Å². The van der Waals surface area contributed by atoms with Gasteiger partial charge in [0.25, 0.3) is 0 Å². The molecule has 0 saturated heterocycles. The second-order valence-corrected chi connectivity index (χ2v) is 3.28. The highest BCUT2D eigenvalue weighted by Gasteiger charge is 1.73. The predicted molar refractivity (Wildman–Crippen MR) is 70.7 cm³/mol. The van der Waals surface area contributed by atoms with E-state index in [0.717, 1.165) is 25.7 Å². The highest BCUT2D eigenvalue weighted by Crippen LogP contribution is 1.93. The molecule has 0 N–H and O–H groups in total. The van der Waals surface area contributed by atoms with E-state index >= 15 is 0 Å². The fourth-order valence-electron chi connectivity index (χ4n) is 1.05. The van der Waals surface area contributed by atoms with Gasteiger partial charge in [-0.3, -0.25) is 0 Å². The Morgan fingerprint density at radius 3 is 1.80 bits per heavy atom. The van der Waals surface area contributed by atoms with E-state index in [0.29, 0.717) is 0 Å². The van der Waals surface area contributed by atoms with Gasteiger partial charge in [-0.15, -0.1) is 0 Å². The lowest BCUT2D eigenvalue weighted by Gasteiger charge is -1.84. The van der Waals surface area contributed by atoms with E-state index in [-0.39, 0.29) is 0 Å². The minimum atomic E-state index is 1.02. The molecule has 15 heavy (non-hydrogen) atoms. The molecule has 83 valence electrons. The maximum absolute atomic E-state index is 2.21. The third-order valence-electron chi connectivity index (χ3n) is 1.84. The van der Waals surface area contributed by atoms with Crippen LogP contribution in [0.4, 0.5) is 0 Å². The van der Waals surface area contributed by atoms with Gasteiger partial charge in [0, 0.05) is 6.42 Å². The first-order valence-electron chi connectivity index (χ1n) is 5.86. The zero-order chi connectivity index (χ0) is 11.2. The van der Waals surface area contributed by atoms with E-state index in [2.05, 4.69) is 68.9 Å². The van der Waals surface area contributed by atoms with Crippen molar-refractivity contribution in [3.05, 3.63) is 55.0 Å². The Hall–Kier alpha value is -1.04. The maximum atomic E-state index is 2.21. The molecule has 0 aliphatic carbocycles. The molecule has 0 aliphatic rings. The van der Waals surface area contributed by atoms with Gasteiger partial charge in [0.1, 0.15) is 0 Å². The third kappa shape index (κ3) is 13.0. The first-order valence-corrected chi connectivity index (χ1v) is 5.86. The molecule has 0 aromatic heterocycles. The molecule has 0 aromatic rings. The van der Waals surface area contributed by atoms with Gasteiger partial charge in [0.05, 0.1) is 0 Å². The van der Waals surface area contributed by atoms with Crippen LogP contribution in [0, 0.1) is 6.42 Å². The number of hydrogen-bond donors (Lipinski definition) is 0. The highest BCUT2D eigenvalue weighted by atomic mass is 13.8. The molecule has 1 radical (unpaired) electrons. The molecule has 0 aromatic carbocycles. The normalized spacial score (nSPS) is 12.9. The summed E-state index contributed by atoms with van der Waals surface area (Å²) in [5.41, 5.74) is 0. The Balaban J connectivity index is 3.36. The molecule has 0 fully saturated rings. The topological polar surface area (TPSA) is 0 Å². The molecule has 0 unspecified atom stereocenters. The van der Waals surface area contributed by atoms with E-state index in [1.54, 1.807) is 0 Å². The van der Waals surface area contributed by atoms with Gasteiger partial charge >= 0.3 is 0 Å². The van der Waals surface area contributed by atoms with Gasteiger partial charge in [-0.1, -0.05) is 62.5 Å². The van der Waals surface area contributed by atoms with Crippen molar-refractivity contribution >= 4 is 0 Å². The summed E-state index contributed by atoms with van der Waals surface area (Å²) in [6.45, 7) is 4.29. The van der Waals surface area contributed by atoms with Crippen molar-refractivity contribution in [3.8, 4) is 0 Å². The fraction of sp³-hybridized carbons (Fsp3) is 0.400. The Morgan fingerprint density at radius 1 is 0.600 bits per heavy atom. The molecule has 0 amide bonds. The van der Waals surface area contributed by atoms with Crippen molar-refractivity contribution in [2.75, 3.05) is 0 Å². The second kappa shape index (κ2) is 13.0. The largest absolute Gasteiger partial charge is 0.0885 e. The van der Waals surface area contributed by atoms with Crippen molar-refractivity contribution in [1.82, 2.24) is 0 Å². The van der Waals surface area contributed by atoms with E-state index in [4.69, 9.17) is 0 Å². The van der Waals surface area contributed by atoms with Crippen LogP contribution in [0.25, 0.3) is 0 Å². The van der Waals surface area contributed by atoms with E-state index in [9.17, 15) is 0 Å². The summed E-state index contributed by atoms with van der Waals surface area (Å²) in [5, 5.41) is 0. The van der Waals surface area contributed by atoms with Crippen LogP contribution in [0.1, 0.15) is 39.5 Å². The highest BCUT2D eigenvalue weighted by molar-refractivity contribution is 5.09. The number of rotatable bonds is 8. The zero-order valence-electron chi connectivity index (χ0n) is 10.0. The molecule has 0 heterocycles. The molecule has 0 saturated carbocycles. The Labute approximate surface area is 95.1 Å². The van der Waals surface area contributed by atoms with Crippen LogP contribution in [-0.2, 0) is 0 Å². The van der Waals surface area contributed by atoms with Crippen molar-refractivity contribution in [3.63, 3.8) is 0 Å². The maximum Gasteiger partial charge on any atom is 0.00442 e. The first-order chi connectivity index (χ1) is 7.41. The first kappa shape index (κ1) is 14.0. The lowest BCUT2D eigenvalue weighted by atomic mass is 10.2. The summed E-state index contributed by atoms with van der Waals surface area (Å²) in [6.07, 6.45) is 23.7. The molecular formula is C15H23. The van der Waals surface area contributed by atoms with Gasteiger partial charge < -0.3 is 0 Å². The van der Waals surface area contributed by atoms with E-state index in [1.807, 2.05) is 0 Å². The predicted octanol–water partition coefficient (Wildman–Crippen LogP) is 5.02. The molecule has 0 rings (SSSR count). The summed E-state index contributed by atoms with van der Waals surface area (Å²) >= 11 is 0. The average Bonchev–Trinajstić information content (AvgIpc) is 2.26. The van der Waals surface area contributed by atoms with Crippen LogP contribution in [0.5, 0.6) is 0 Å². The van der Waals surface area contributed by atoms with Crippen molar-refractivity contribution < 1.29 is 0 Å². The molecule has 0 atom stereocenters. The molecule has 0 heteroatoms. The standard InChI is InChI=1S/C15H23/c1-3-5-7-9-11-13-15-14-12-10-8-6-4-2/h5-9,11-14H,3-4,10,15H2,1-2H3/b7-5-,8-6-,13-11-,14-12-. The van der Waals surface area contributed by atoms with Crippen molar-refractivity contribution in [2.45, 2.75) is 39.5 Å². The van der Waals surface area contributed by atoms with E-state index in [1.165, 1.54) is 0 Å². The summed E-state index contributed by atoms with van der Waals surface area (Å²) in [6, 6.07) is 0. The van der Waals surface area contributed by atoms with Gasteiger partial charge in [-0.25, -0.2) is 0 Å². The van der Waals surface area contributed by atoms with Gasteiger partial charge in [-0.2, -0.15) is 0 Å². The Bertz CT molecular complexity index is 192. The monoisotopic (exact) mass is 203 g/mol. The second-order valence-electron chi connectivity index (χ2n) is 3.28. The number of hydrogen-bond acceptors (Lipinski definition) is 0. The van der Waals surface area contributed by atoms with Crippen LogP contribution < -0.4 is 0 Å². The van der Waals surface area contributed by atoms with Crippen LogP contribution in [0.15, 0.2) is 48.6 Å². The Morgan fingerprint density at radius 2 is 1.13 bits per heavy atom. The molecule has 0 bridgehead atoms. The summed E-state index contributed by atoms with van der Waals surface area (Å²) in [5.74, 6) is 0. The summed E-state index contributed by atoms with van der Waals surface area (Å²) in [7, 11) is 0. The molecule has 0 aliphatic heterocycles. The van der Waals surface area contributed by atoms with E-state index < -0.39 is 0 Å². The van der Waals surface area contributed by atoms with Gasteiger partial charge in [-0.05, 0) is 25.7 Å². The third-order valence-corrected chi connectivity index (χ3v) is 1.84. The van der Waals surface area contributed by atoms with Crippen LogP contribution >= 0.6 is 0 Å². The van der Waals surface area contributed by atoms with Crippen LogP contribution in [0.2, 0.25) is 0 Å². The molecular weight excluding hydrogens is 180 g/mol. The quantitative estimate of drug-likeness (QED) is 0.486. The van der Waals surface area contributed by atoms with Crippen LogP contribution in [0.3, 0.4) is 0 Å². The zero-order valence-corrected chi connectivity index (χ0v) is 10.0. The van der Waals surface area contributed by atoms with Crippen molar-refractivity contribution in [2.24, 2.45) is 0 Å². The molecule has 0 spiro atoms. The Kier molecular flexibility index (Phi) is 12.1. The fourth-order valence-corrected chi connectivity index (χ4v) is 1.05. The smallest absolute Gasteiger partial charge is 0.00442 e. The minimum Gasteiger partial charge on any atom is -0.0885 e. The number of allylic oxidation sites excluding steroid dienone is 8. The lowest BCUT2D eigenvalue weighted by Crippen LogP contribution is -1.63. The lowest BCUT2D eigenvalue weighted by molar-refractivity contribution is 1.19. The molecule has 0 nitrogen and oxygen atoms in total. The van der Waals surface area contributed by atoms with Crippen molar-refractivity contribution in [1.29, 1.82) is 0 Å². The average molecular weight is 203 g/mol.